The van der Waals surface area contributed by atoms with E-state index in [4.69, 9.17) is 5.73 Å². The highest BCUT2D eigenvalue weighted by atomic mass is 16.1. The molecule has 0 aromatic rings. The number of Topliss-reactive ketones (excluding diaryl/α,β-unsaturated/α-hetero) is 1. The third-order valence-electron chi connectivity index (χ3n) is 1.20. The normalized spacial score (nSPS) is 11.2. The topological polar surface area (TPSA) is 72.2 Å². The van der Waals surface area contributed by atoms with Gasteiger partial charge in [0, 0.05) is 0 Å². The minimum atomic E-state index is -0.496. The fraction of sp³-hybridized carbons (Fsp3) is 0.500. The molecular weight excluding hydrogens is 156 g/mol. The highest BCUT2D eigenvalue weighted by Crippen LogP contribution is 1.82. The molecule has 0 saturated carbocycles. The summed E-state index contributed by atoms with van der Waals surface area (Å²) in [6, 6.07) is -0.496. The average molecular weight is 168 g/mol. The fourth-order valence-corrected chi connectivity index (χ4v) is 0.617. The fourth-order valence-electron chi connectivity index (χ4n) is 0.617. The van der Waals surface area contributed by atoms with E-state index in [9.17, 15) is 9.59 Å². The summed E-state index contributed by atoms with van der Waals surface area (Å²) in [5.74, 6) is 4.54. The van der Waals surface area contributed by atoms with Crippen LogP contribution in [0.15, 0.2) is 0 Å². The van der Waals surface area contributed by atoms with E-state index in [-0.39, 0.29) is 12.2 Å². The quantitative estimate of drug-likeness (QED) is 0.533. The van der Waals surface area contributed by atoms with Crippen LogP contribution in [0.1, 0.15) is 13.3 Å². The van der Waals surface area contributed by atoms with E-state index in [0.29, 0.717) is 0 Å². The van der Waals surface area contributed by atoms with E-state index in [1.54, 1.807) is 7.05 Å². The standard InChI is InChI=1S/C8H12N2O2/c1-6(11)7(10-2)4-3-5-8(9)12/h7,10H,5H2,1-2H3,(H2,9,12)/t7-/m1/s1. The third-order valence-corrected chi connectivity index (χ3v) is 1.20. The predicted octanol–water partition coefficient (Wildman–Crippen LogP) is -0.958. The number of carbonyl (C=O) groups excluding carboxylic acids is 2. The van der Waals surface area contributed by atoms with Crippen LogP contribution in [0.3, 0.4) is 0 Å². The molecule has 0 aliphatic rings. The Morgan fingerprint density at radius 1 is 1.58 bits per heavy atom. The van der Waals surface area contributed by atoms with Gasteiger partial charge in [0.05, 0.1) is 6.42 Å². The Morgan fingerprint density at radius 3 is 2.50 bits per heavy atom. The molecule has 0 heterocycles. The van der Waals surface area contributed by atoms with Crippen molar-refractivity contribution in [2.45, 2.75) is 19.4 Å². The van der Waals surface area contributed by atoms with Crippen molar-refractivity contribution in [3.63, 3.8) is 0 Å². The van der Waals surface area contributed by atoms with Crippen LogP contribution in [0.4, 0.5) is 0 Å². The molecule has 0 aromatic carbocycles. The van der Waals surface area contributed by atoms with Gasteiger partial charge in [-0.15, -0.1) is 0 Å². The third kappa shape index (κ3) is 4.47. The van der Waals surface area contributed by atoms with Crippen molar-refractivity contribution in [2.75, 3.05) is 7.05 Å². The first-order chi connectivity index (χ1) is 5.57. The smallest absolute Gasteiger partial charge is 0.229 e. The lowest BCUT2D eigenvalue weighted by Crippen LogP contribution is -2.30. The Hall–Kier alpha value is -1.34. The molecule has 4 heteroatoms. The van der Waals surface area contributed by atoms with Gasteiger partial charge in [0.25, 0.3) is 0 Å². The van der Waals surface area contributed by atoms with E-state index >= 15 is 0 Å². The lowest BCUT2D eigenvalue weighted by Gasteiger charge is -2.02. The molecule has 1 amide bonds. The zero-order valence-electron chi connectivity index (χ0n) is 7.18. The Kier molecular flexibility index (Phi) is 4.73. The van der Waals surface area contributed by atoms with Gasteiger partial charge in [0.1, 0.15) is 6.04 Å². The van der Waals surface area contributed by atoms with E-state index in [1.165, 1.54) is 6.92 Å². The summed E-state index contributed by atoms with van der Waals surface area (Å²) in [5, 5.41) is 2.70. The van der Waals surface area contributed by atoms with E-state index in [1.807, 2.05) is 0 Å². The minimum Gasteiger partial charge on any atom is -0.369 e. The van der Waals surface area contributed by atoms with Gasteiger partial charge in [-0.2, -0.15) is 0 Å². The average Bonchev–Trinajstić information content (AvgIpc) is 1.96. The molecule has 12 heavy (non-hydrogen) atoms. The molecule has 66 valence electrons. The van der Waals surface area contributed by atoms with Gasteiger partial charge in [-0.1, -0.05) is 11.8 Å². The first-order valence-electron chi connectivity index (χ1n) is 3.52. The van der Waals surface area contributed by atoms with Crippen LogP contribution in [-0.2, 0) is 9.59 Å². The molecule has 1 atom stereocenters. The number of likely N-dealkylation sites (N-methyl/N-ethyl adjacent to an activating group) is 1. The maximum atomic E-state index is 10.8. The van der Waals surface area contributed by atoms with Crippen molar-refractivity contribution in [1.29, 1.82) is 0 Å². The maximum absolute atomic E-state index is 10.8. The van der Waals surface area contributed by atoms with Gasteiger partial charge in [0.15, 0.2) is 5.78 Å². The van der Waals surface area contributed by atoms with Gasteiger partial charge in [-0.25, -0.2) is 0 Å². The monoisotopic (exact) mass is 168 g/mol. The van der Waals surface area contributed by atoms with Crippen LogP contribution < -0.4 is 11.1 Å². The second-order valence-electron chi connectivity index (χ2n) is 2.30. The number of nitrogens with two attached hydrogens (primary N) is 1. The molecule has 0 unspecified atom stereocenters. The summed E-state index contributed by atoms with van der Waals surface area (Å²) < 4.78 is 0. The number of carbonyl (C=O) groups is 2. The summed E-state index contributed by atoms with van der Waals surface area (Å²) in [7, 11) is 1.63. The molecular formula is C8H12N2O2. The highest BCUT2D eigenvalue weighted by molar-refractivity contribution is 5.85. The maximum Gasteiger partial charge on any atom is 0.229 e. The van der Waals surface area contributed by atoms with Crippen molar-refractivity contribution < 1.29 is 9.59 Å². The molecule has 4 nitrogen and oxygen atoms in total. The molecule has 3 N–H and O–H groups in total. The first kappa shape index (κ1) is 10.7. The van der Waals surface area contributed by atoms with Crippen LogP contribution >= 0.6 is 0 Å². The van der Waals surface area contributed by atoms with Crippen LogP contribution in [-0.4, -0.2) is 24.8 Å². The second-order valence-corrected chi connectivity index (χ2v) is 2.30. The number of rotatable bonds is 3. The summed E-state index contributed by atoms with van der Waals surface area (Å²) in [5.41, 5.74) is 4.85. The van der Waals surface area contributed by atoms with Crippen molar-refractivity contribution >= 4 is 11.7 Å². The van der Waals surface area contributed by atoms with Crippen LogP contribution in [0.2, 0.25) is 0 Å². The summed E-state index contributed by atoms with van der Waals surface area (Å²) in [6.07, 6.45) is -0.00847. The van der Waals surface area contributed by atoms with Gasteiger partial charge in [-0.3, -0.25) is 9.59 Å². The lowest BCUT2D eigenvalue weighted by molar-refractivity contribution is -0.118. The number of primary amides is 1. The van der Waals surface area contributed by atoms with Gasteiger partial charge in [0.2, 0.25) is 5.91 Å². The Morgan fingerprint density at radius 2 is 2.17 bits per heavy atom. The SMILES string of the molecule is CN[C@H](C#CCC(N)=O)C(C)=O. The lowest BCUT2D eigenvalue weighted by atomic mass is 10.2. The minimum absolute atomic E-state index is 0.00847. The van der Waals surface area contributed by atoms with Crippen molar-refractivity contribution in [3.8, 4) is 11.8 Å². The number of hydrogen-bond donors (Lipinski definition) is 2. The van der Waals surface area contributed by atoms with E-state index < -0.39 is 11.9 Å². The summed E-state index contributed by atoms with van der Waals surface area (Å²) in [6.45, 7) is 1.43. The van der Waals surface area contributed by atoms with Gasteiger partial charge >= 0.3 is 0 Å². The van der Waals surface area contributed by atoms with E-state index in [2.05, 4.69) is 17.2 Å². The summed E-state index contributed by atoms with van der Waals surface area (Å²) in [4.78, 5) is 21.0. The molecule has 0 aromatic heterocycles. The second kappa shape index (κ2) is 5.33. The number of hydrogen-bond acceptors (Lipinski definition) is 3. The molecule has 0 radical (unpaired) electrons. The molecule has 0 aliphatic heterocycles. The van der Waals surface area contributed by atoms with E-state index in [0.717, 1.165) is 0 Å². The molecule has 0 fully saturated rings. The Bertz CT molecular complexity index is 237. The first-order valence-corrected chi connectivity index (χ1v) is 3.52. The Labute approximate surface area is 71.5 Å². The predicted molar refractivity (Wildman–Crippen MR) is 45.1 cm³/mol. The summed E-state index contributed by atoms with van der Waals surface area (Å²) >= 11 is 0. The largest absolute Gasteiger partial charge is 0.369 e. The van der Waals surface area contributed by atoms with Crippen LogP contribution in [0, 0.1) is 11.8 Å². The highest BCUT2D eigenvalue weighted by Gasteiger charge is 2.05. The van der Waals surface area contributed by atoms with Crippen LogP contribution in [0.25, 0.3) is 0 Å². The molecule has 0 rings (SSSR count). The van der Waals surface area contributed by atoms with Gasteiger partial charge in [-0.05, 0) is 14.0 Å². The molecule has 0 aliphatic carbocycles. The number of ketones is 1. The Balaban J connectivity index is 4.06. The van der Waals surface area contributed by atoms with Crippen LogP contribution in [0.5, 0.6) is 0 Å². The van der Waals surface area contributed by atoms with Crippen molar-refractivity contribution in [3.05, 3.63) is 0 Å². The van der Waals surface area contributed by atoms with Gasteiger partial charge < -0.3 is 11.1 Å². The molecule has 0 saturated heterocycles. The zero-order chi connectivity index (χ0) is 9.56. The molecule has 0 bridgehead atoms. The zero-order valence-corrected chi connectivity index (χ0v) is 7.18. The molecule has 0 spiro atoms. The van der Waals surface area contributed by atoms with Crippen molar-refractivity contribution in [2.24, 2.45) is 5.73 Å². The number of nitrogens with one attached hydrogen (secondary N) is 1. The van der Waals surface area contributed by atoms with Crippen molar-refractivity contribution in [1.82, 2.24) is 5.32 Å². The number of amides is 1.